The van der Waals surface area contributed by atoms with E-state index >= 15 is 0 Å². The first-order valence-corrected chi connectivity index (χ1v) is 11.7. The van der Waals surface area contributed by atoms with E-state index in [1.807, 2.05) is 36.4 Å². The van der Waals surface area contributed by atoms with Crippen molar-refractivity contribution in [3.8, 4) is 0 Å². The fraction of sp³-hybridized carbons (Fsp3) is 0.208. The predicted octanol–water partition coefficient (Wildman–Crippen LogP) is 6.02. The van der Waals surface area contributed by atoms with Gasteiger partial charge in [0.2, 0.25) is 5.91 Å². The van der Waals surface area contributed by atoms with Crippen LogP contribution in [0.3, 0.4) is 0 Å². The maximum absolute atomic E-state index is 13.2. The van der Waals surface area contributed by atoms with Crippen molar-refractivity contribution in [2.24, 2.45) is 0 Å². The number of pyridine rings is 1. The lowest BCUT2D eigenvalue weighted by molar-refractivity contribution is -0.118. The molecule has 4 rings (SSSR count). The van der Waals surface area contributed by atoms with Crippen LogP contribution in [0.2, 0.25) is 0 Å². The Morgan fingerprint density at radius 2 is 1.87 bits per heavy atom. The van der Waals surface area contributed by atoms with Crippen molar-refractivity contribution in [1.29, 1.82) is 0 Å². The molecule has 0 radical (unpaired) electrons. The molecule has 0 aliphatic rings. The van der Waals surface area contributed by atoms with Crippen molar-refractivity contribution in [2.75, 3.05) is 10.7 Å². The molecule has 0 atom stereocenters. The number of rotatable bonds is 7. The predicted molar refractivity (Wildman–Crippen MR) is 126 cm³/mol. The van der Waals surface area contributed by atoms with Crippen molar-refractivity contribution in [1.82, 2.24) is 9.97 Å². The maximum Gasteiger partial charge on any atom is 0.229 e. The third kappa shape index (κ3) is 4.89. The summed E-state index contributed by atoms with van der Waals surface area (Å²) in [5, 5.41) is 0.735. The number of fused-ring (bicyclic) bond motifs is 1. The van der Waals surface area contributed by atoms with Crippen molar-refractivity contribution in [2.45, 2.75) is 31.7 Å². The number of hydrogen-bond acceptors (Lipinski definition) is 5. The molecule has 0 spiro atoms. The lowest BCUT2D eigenvalue weighted by atomic mass is 10.1. The molecule has 2 aromatic carbocycles. The van der Waals surface area contributed by atoms with Gasteiger partial charge < -0.3 is 0 Å². The zero-order chi connectivity index (χ0) is 20.9. The van der Waals surface area contributed by atoms with Crippen LogP contribution in [0.25, 0.3) is 10.2 Å². The minimum atomic E-state index is 0.0671. The Bertz CT molecular complexity index is 1140. The number of aromatic nitrogens is 2. The summed E-state index contributed by atoms with van der Waals surface area (Å²) in [7, 11) is 0. The van der Waals surface area contributed by atoms with Gasteiger partial charge in [0.15, 0.2) is 5.13 Å². The number of amides is 1. The number of carbonyl (C=O) groups excluding carboxylic acids is 1. The zero-order valence-corrected chi connectivity index (χ0v) is 18.7. The lowest BCUT2D eigenvalue weighted by Gasteiger charge is -2.19. The highest BCUT2D eigenvalue weighted by Gasteiger charge is 2.21. The maximum atomic E-state index is 13.2. The lowest BCUT2D eigenvalue weighted by Crippen LogP contribution is -2.30. The van der Waals surface area contributed by atoms with E-state index in [1.165, 1.54) is 16.0 Å². The first-order valence-electron chi connectivity index (χ1n) is 9.86. The summed E-state index contributed by atoms with van der Waals surface area (Å²) in [5.74, 6) is 0.794. The molecule has 1 amide bonds. The SMILES string of the molecule is Cc1cc(C)c2sc(N(Cc3ccccn3)C(=O)CCSc3ccccc3)nc2c1. The molecule has 0 aliphatic heterocycles. The monoisotopic (exact) mass is 433 g/mol. The normalized spacial score (nSPS) is 11.0. The van der Waals surface area contributed by atoms with Crippen LogP contribution in [0.15, 0.2) is 71.8 Å². The van der Waals surface area contributed by atoms with Gasteiger partial charge in [-0.25, -0.2) is 4.98 Å². The number of thiazole rings is 1. The quantitative estimate of drug-likeness (QED) is 0.334. The van der Waals surface area contributed by atoms with Gasteiger partial charge in [-0.3, -0.25) is 14.7 Å². The Morgan fingerprint density at radius 3 is 2.63 bits per heavy atom. The van der Waals surface area contributed by atoms with Gasteiger partial charge in [0.05, 0.1) is 22.5 Å². The van der Waals surface area contributed by atoms with Crippen LogP contribution in [-0.2, 0) is 11.3 Å². The van der Waals surface area contributed by atoms with Crippen molar-refractivity contribution < 1.29 is 4.79 Å². The minimum Gasteiger partial charge on any atom is -0.282 e. The summed E-state index contributed by atoms with van der Waals surface area (Å²) in [6.45, 7) is 4.59. The molecule has 0 bridgehead atoms. The second kappa shape index (κ2) is 9.41. The van der Waals surface area contributed by atoms with Crippen molar-refractivity contribution >= 4 is 44.4 Å². The van der Waals surface area contributed by atoms with Gasteiger partial charge in [0.25, 0.3) is 0 Å². The first kappa shape index (κ1) is 20.6. The van der Waals surface area contributed by atoms with E-state index < -0.39 is 0 Å². The number of hydrogen-bond donors (Lipinski definition) is 0. The Kier molecular flexibility index (Phi) is 6.45. The molecule has 0 N–H and O–H groups in total. The number of carbonyl (C=O) groups is 1. The number of nitrogens with zero attached hydrogens (tertiary/aromatic N) is 3. The van der Waals surface area contributed by atoms with E-state index in [-0.39, 0.29) is 5.91 Å². The van der Waals surface area contributed by atoms with Crippen molar-refractivity contribution in [3.05, 3.63) is 83.7 Å². The van der Waals surface area contributed by atoms with E-state index in [4.69, 9.17) is 4.98 Å². The Hall–Kier alpha value is -2.70. The van der Waals surface area contributed by atoms with Crippen LogP contribution in [0.5, 0.6) is 0 Å². The van der Waals surface area contributed by atoms with Gasteiger partial charge in [0.1, 0.15) is 0 Å². The van der Waals surface area contributed by atoms with Crippen LogP contribution >= 0.6 is 23.1 Å². The standard InChI is InChI=1S/C24H23N3OS2/c1-17-14-18(2)23-21(15-17)26-24(30-23)27(16-19-8-6-7-12-25-19)22(28)11-13-29-20-9-4-3-5-10-20/h3-10,12,14-15H,11,13,16H2,1-2H3. The van der Waals surface area contributed by atoms with Crippen molar-refractivity contribution in [3.63, 3.8) is 0 Å². The summed E-state index contributed by atoms with van der Waals surface area (Å²) in [6, 6.07) is 20.2. The Morgan fingerprint density at radius 1 is 1.07 bits per heavy atom. The molecule has 0 unspecified atom stereocenters. The van der Waals surface area contributed by atoms with Crippen LogP contribution in [0, 0.1) is 13.8 Å². The summed E-state index contributed by atoms with van der Waals surface area (Å²) in [4.78, 5) is 25.4. The van der Waals surface area contributed by atoms with E-state index in [0.29, 0.717) is 13.0 Å². The van der Waals surface area contributed by atoms with E-state index in [1.54, 1.807) is 34.2 Å². The van der Waals surface area contributed by atoms with Gasteiger partial charge in [-0.05, 0) is 55.3 Å². The van der Waals surface area contributed by atoms with Gasteiger partial charge in [-0.15, -0.1) is 11.8 Å². The molecule has 4 aromatic rings. The average molecular weight is 434 g/mol. The van der Waals surface area contributed by atoms with Crippen LogP contribution < -0.4 is 4.90 Å². The molecule has 4 nitrogen and oxygen atoms in total. The highest BCUT2D eigenvalue weighted by atomic mass is 32.2. The number of aryl methyl sites for hydroxylation is 2. The first-order chi connectivity index (χ1) is 14.6. The average Bonchev–Trinajstić information content (AvgIpc) is 3.17. The van der Waals surface area contributed by atoms with E-state index in [9.17, 15) is 4.79 Å². The second-order valence-electron chi connectivity index (χ2n) is 7.14. The molecular formula is C24H23N3OS2. The van der Waals surface area contributed by atoms with Crippen LogP contribution in [0.4, 0.5) is 5.13 Å². The van der Waals surface area contributed by atoms with Gasteiger partial charge >= 0.3 is 0 Å². The van der Waals surface area contributed by atoms with Crippen LogP contribution in [-0.4, -0.2) is 21.6 Å². The smallest absolute Gasteiger partial charge is 0.229 e. The minimum absolute atomic E-state index is 0.0671. The molecule has 0 aliphatic carbocycles. The summed E-state index contributed by atoms with van der Waals surface area (Å²) >= 11 is 3.27. The second-order valence-corrected chi connectivity index (χ2v) is 9.28. The fourth-order valence-corrected chi connectivity index (χ4v) is 5.20. The largest absolute Gasteiger partial charge is 0.282 e. The van der Waals surface area contributed by atoms with Crippen LogP contribution in [0.1, 0.15) is 23.2 Å². The van der Waals surface area contributed by atoms with E-state index in [0.717, 1.165) is 26.8 Å². The topological polar surface area (TPSA) is 46.1 Å². The Labute approximate surface area is 185 Å². The van der Waals surface area contributed by atoms with Gasteiger partial charge in [-0.2, -0.15) is 0 Å². The number of benzene rings is 2. The zero-order valence-electron chi connectivity index (χ0n) is 17.0. The highest BCUT2D eigenvalue weighted by molar-refractivity contribution is 7.99. The molecule has 2 aromatic heterocycles. The summed E-state index contributed by atoms with van der Waals surface area (Å²) < 4.78 is 1.13. The molecule has 0 saturated heterocycles. The third-order valence-electron chi connectivity index (χ3n) is 4.71. The molecule has 0 fully saturated rings. The van der Waals surface area contributed by atoms with Gasteiger partial charge in [0, 0.05) is 23.3 Å². The molecule has 0 saturated carbocycles. The molecular weight excluding hydrogens is 410 g/mol. The van der Waals surface area contributed by atoms with Gasteiger partial charge in [-0.1, -0.05) is 41.7 Å². The van der Waals surface area contributed by atoms with E-state index in [2.05, 4.69) is 43.1 Å². The Balaban J connectivity index is 1.57. The number of thioether (sulfide) groups is 1. The molecule has 6 heteroatoms. The summed E-state index contributed by atoms with van der Waals surface area (Å²) in [5.41, 5.74) is 4.18. The highest BCUT2D eigenvalue weighted by Crippen LogP contribution is 2.33. The molecule has 30 heavy (non-hydrogen) atoms. The molecule has 2 heterocycles. The summed E-state index contributed by atoms with van der Waals surface area (Å²) in [6.07, 6.45) is 2.20. The fourth-order valence-electron chi connectivity index (χ4n) is 3.30. The third-order valence-corrected chi connectivity index (χ3v) is 6.96. The molecule has 152 valence electrons. The number of anilines is 1.